The Kier molecular flexibility index (Phi) is 6.29. The van der Waals surface area contributed by atoms with Crippen molar-refractivity contribution in [3.63, 3.8) is 0 Å². The highest BCUT2D eigenvalue weighted by Gasteiger charge is 2.30. The Morgan fingerprint density at radius 2 is 1.78 bits per heavy atom. The fourth-order valence-corrected chi connectivity index (χ4v) is 5.50. The first-order valence-corrected chi connectivity index (χ1v) is 12.1. The van der Waals surface area contributed by atoms with E-state index in [1.165, 1.54) is 28.6 Å². The Morgan fingerprint density at radius 1 is 1.06 bits per heavy atom. The van der Waals surface area contributed by atoms with E-state index in [1.807, 2.05) is 24.3 Å². The Labute approximate surface area is 197 Å². The molecule has 0 saturated heterocycles. The average molecular weight is 487 g/mol. The lowest BCUT2D eigenvalue weighted by atomic mass is 10.1. The highest BCUT2D eigenvalue weighted by molar-refractivity contribution is 7.92. The van der Waals surface area contributed by atoms with Gasteiger partial charge in [-0.15, -0.1) is 6.58 Å². The van der Waals surface area contributed by atoms with Crippen LogP contribution in [0.25, 0.3) is 0 Å². The zero-order valence-corrected chi connectivity index (χ0v) is 19.4. The fourth-order valence-electron chi connectivity index (χ4n) is 3.72. The van der Waals surface area contributed by atoms with Gasteiger partial charge in [-0.05, 0) is 60.5 Å². The van der Waals surface area contributed by atoms with Crippen LogP contribution in [-0.2, 0) is 16.4 Å². The molecular weight excluding hydrogens is 467 g/mol. The molecule has 1 aliphatic heterocycles. The van der Waals surface area contributed by atoms with Gasteiger partial charge in [-0.2, -0.15) is 0 Å². The third-order valence-electron chi connectivity index (χ3n) is 5.30. The van der Waals surface area contributed by atoms with Crippen molar-refractivity contribution in [2.45, 2.75) is 11.3 Å². The normalized spacial score (nSPS) is 13.0. The monoisotopic (exact) mass is 486 g/mol. The summed E-state index contributed by atoms with van der Waals surface area (Å²) in [7, 11) is -4.00. The lowest BCUT2D eigenvalue weighted by Crippen LogP contribution is -2.32. The van der Waals surface area contributed by atoms with Crippen LogP contribution < -0.4 is 9.21 Å². The van der Waals surface area contributed by atoms with Crippen LogP contribution in [-0.4, -0.2) is 27.4 Å². The number of nitrogens with zero attached hydrogens (tertiary/aromatic N) is 2. The van der Waals surface area contributed by atoms with Crippen molar-refractivity contribution in [1.29, 1.82) is 0 Å². The minimum absolute atomic E-state index is 0.0328. The second-order valence-electron chi connectivity index (χ2n) is 7.28. The van der Waals surface area contributed by atoms with Crippen LogP contribution in [0.5, 0.6) is 0 Å². The van der Waals surface area contributed by atoms with Gasteiger partial charge in [0.2, 0.25) is 0 Å². The topological polar surface area (TPSA) is 57.7 Å². The van der Waals surface area contributed by atoms with Crippen molar-refractivity contribution in [3.05, 3.63) is 101 Å². The number of fused-ring (bicyclic) bond motifs is 1. The summed E-state index contributed by atoms with van der Waals surface area (Å²) in [5, 5.41) is 0.690. The van der Waals surface area contributed by atoms with Crippen LogP contribution in [0.3, 0.4) is 0 Å². The number of para-hydroxylation sites is 1. The molecule has 0 aromatic heterocycles. The van der Waals surface area contributed by atoms with E-state index < -0.39 is 10.0 Å². The number of halogens is 2. The number of anilines is 2. The molecule has 1 amide bonds. The van der Waals surface area contributed by atoms with E-state index in [9.17, 15) is 13.2 Å². The Balaban J connectivity index is 1.73. The number of carbonyl (C=O) groups excluding carboxylic acids is 1. The molecule has 3 aromatic carbocycles. The number of hydrogen-bond acceptors (Lipinski definition) is 3. The summed E-state index contributed by atoms with van der Waals surface area (Å²) in [5.74, 6) is -0.334. The summed E-state index contributed by atoms with van der Waals surface area (Å²) in [6.45, 7) is 4.23. The number of hydrogen-bond donors (Lipinski definition) is 0. The summed E-state index contributed by atoms with van der Waals surface area (Å²) in [6, 6.07) is 18.3. The molecule has 0 N–H and O–H groups in total. The summed E-state index contributed by atoms with van der Waals surface area (Å²) >= 11 is 12.3. The predicted molar refractivity (Wildman–Crippen MR) is 129 cm³/mol. The summed E-state index contributed by atoms with van der Waals surface area (Å²) < 4.78 is 28.2. The minimum atomic E-state index is -4.00. The molecule has 8 heteroatoms. The quantitative estimate of drug-likeness (QED) is 0.427. The third kappa shape index (κ3) is 4.13. The van der Waals surface area contributed by atoms with Crippen LogP contribution in [0.15, 0.2) is 84.3 Å². The third-order valence-corrected chi connectivity index (χ3v) is 7.67. The van der Waals surface area contributed by atoms with Crippen molar-refractivity contribution in [1.82, 2.24) is 0 Å². The molecule has 1 aliphatic rings. The lowest BCUT2D eigenvalue weighted by Gasteiger charge is -2.24. The summed E-state index contributed by atoms with van der Waals surface area (Å²) in [4.78, 5) is 14.9. The average Bonchev–Trinajstić information content (AvgIpc) is 3.22. The molecule has 0 unspecified atom stereocenters. The molecule has 164 valence electrons. The van der Waals surface area contributed by atoms with E-state index in [1.54, 1.807) is 29.2 Å². The van der Waals surface area contributed by atoms with Gasteiger partial charge in [-0.25, -0.2) is 8.42 Å². The maximum atomic E-state index is 13.5. The van der Waals surface area contributed by atoms with Gasteiger partial charge < -0.3 is 4.90 Å². The standard InChI is InChI=1S/C24H20Cl2N2O3S/c1-2-14-28(19-9-7-18(25)8-10-19)32(30,31)20-11-12-22(26)21(16-20)24(29)27-15-13-17-5-3-4-6-23(17)27/h2-12,16H,1,13-15H2. The van der Waals surface area contributed by atoms with Gasteiger partial charge in [0.25, 0.3) is 15.9 Å². The van der Waals surface area contributed by atoms with E-state index in [2.05, 4.69) is 6.58 Å². The van der Waals surface area contributed by atoms with E-state index in [-0.39, 0.29) is 27.9 Å². The second kappa shape index (κ2) is 8.98. The highest BCUT2D eigenvalue weighted by Crippen LogP contribution is 2.32. The molecule has 0 spiro atoms. The molecule has 5 nitrogen and oxygen atoms in total. The first-order chi connectivity index (χ1) is 15.3. The van der Waals surface area contributed by atoms with Crippen LogP contribution in [0.2, 0.25) is 10.0 Å². The molecule has 3 aromatic rings. The van der Waals surface area contributed by atoms with Gasteiger partial charge in [-0.1, -0.05) is 47.5 Å². The second-order valence-corrected chi connectivity index (χ2v) is 9.98. The lowest BCUT2D eigenvalue weighted by molar-refractivity contribution is 0.0989. The van der Waals surface area contributed by atoms with Gasteiger partial charge in [0.05, 0.1) is 27.7 Å². The van der Waals surface area contributed by atoms with E-state index in [0.29, 0.717) is 17.3 Å². The largest absolute Gasteiger partial charge is 0.308 e. The van der Waals surface area contributed by atoms with Crippen LogP contribution >= 0.6 is 23.2 Å². The van der Waals surface area contributed by atoms with Crippen molar-refractivity contribution in [3.8, 4) is 0 Å². The van der Waals surface area contributed by atoms with Gasteiger partial charge >= 0.3 is 0 Å². The molecule has 1 heterocycles. The van der Waals surface area contributed by atoms with Crippen molar-refractivity contribution >= 4 is 50.5 Å². The molecule has 4 rings (SSSR count). The minimum Gasteiger partial charge on any atom is -0.308 e. The Morgan fingerprint density at radius 3 is 2.50 bits per heavy atom. The number of sulfonamides is 1. The molecule has 0 atom stereocenters. The van der Waals surface area contributed by atoms with Crippen molar-refractivity contribution in [2.75, 3.05) is 22.3 Å². The highest BCUT2D eigenvalue weighted by atomic mass is 35.5. The van der Waals surface area contributed by atoms with E-state index in [0.717, 1.165) is 17.7 Å². The molecule has 32 heavy (non-hydrogen) atoms. The van der Waals surface area contributed by atoms with Gasteiger partial charge in [0.1, 0.15) is 0 Å². The first-order valence-electron chi connectivity index (χ1n) is 9.91. The Hall–Kier alpha value is -2.80. The molecule has 0 bridgehead atoms. The Bertz CT molecular complexity index is 1290. The molecule has 0 fully saturated rings. The zero-order valence-electron chi connectivity index (χ0n) is 17.0. The maximum Gasteiger partial charge on any atom is 0.264 e. The maximum absolute atomic E-state index is 13.5. The zero-order chi connectivity index (χ0) is 22.9. The molecule has 0 radical (unpaired) electrons. The first kappa shape index (κ1) is 22.4. The number of amides is 1. The van der Waals surface area contributed by atoms with E-state index in [4.69, 9.17) is 23.2 Å². The van der Waals surface area contributed by atoms with Crippen molar-refractivity contribution in [2.24, 2.45) is 0 Å². The number of carbonyl (C=O) groups is 1. The summed E-state index contributed by atoms with van der Waals surface area (Å²) in [6.07, 6.45) is 2.23. The van der Waals surface area contributed by atoms with Crippen molar-refractivity contribution < 1.29 is 13.2 Å². The van der Waals surface area contributed by atoms with Gasteiger partial charge in [-0.3, -0.25) is 9.10 Å². The van der Waals surface area contributed by atoms with E-state index >= 15 is 0 Å². The predicted octanol–water partition coefficient (Wildman–Crippen LogP) is 5.58. The van der Waals surface area contributed by atoms with Crippen LogP contribution in [0, 0.1) is 0 Å². The molecule has 0 aliphatic carbocycles. The summed E-state index contributed by atoms with van der Waals surface area (Å²) in [5.41, 5.74) is 2.46. The number of rotatable bonds is 6. The number of benzene rings is 3. The molecule has 0 saturated carbocycles. The SMILES string of the molecule is C=CCN(c1ccc(Cl)cc1)S(=O)(=O)c1ccc(Cl)c(C(=O)N2CCc3ccccc32)c1. The van der Waals surface area contributed by atoms with Gasteiger partial charge in [0, 0.05) is 17.3 Å². The molecular formula is C24H20Cl2N2O3S. The van der Waals surface area contributed by atoms with Gasteiger partial charge in [0.15, 0.2) is 0 Å². The smallest absolute Gasteiger partial charge is 0.264 e. The fraction of sp³-hybridized carbons (Fsp3) is 0.125. The van der Waals surface area contributed by atoms with Crippen LogP contribution in [0.4, 0.5) is 11.4 Å². The van der Waals surface area contributed by atoms with Crippen LogP contribution in [0.1, 0.15) is 15.9 Å².